The third-order valence-electron chi connectivity index (χ3n) is 1.65. The monoisotopic (exact) mass is 164 g/mol. The van der Waals surface area contributed by atoms with E-state index >= 15 is 0 Å². The summed E-state index contributed by atoms with van der Waals surface area (Å²) >= 11 is 0. The summed E-state index contributed by atoms with van der Waals surface area (Å²) in [7, 11) is 3.64. The minimum atomic E-state index is 0.886. The van der Waals surface area contributed by atoms with Crippen LogP contribution in [-0.2, 0) is 7.05 Å². The fraction of sp³-hybridized carbons (Fsp3) is 0.375. The third-order valence-corrected chi connectivity index (χ3v) is 1.65. The first-order valence-electron chi connectivity index (χ1n) is 3.67. The highest BCUT2D eigenvalue weighted by molar-refractivity contribution is 5.84. The number of imidazole rings is 1. The van der Waals surface area contributed by atoms with Crippen molar-refractivity contribution in [3.05, 3.63) is 17.7 Å². The van der Waals surface area contributed by atoms with E-state index in [9.17, 15) is 0 Å². The van der Waals surface area contributed by atoms with Gasteiger partial charge in [0.15, 0.2) is 0 Å². The molecule has 0 aliphatic carbocycles. The van der Waals surface area contributed by atoms with Crippen LogP contribution < -0.4 is 0 Å². The first kappa shape index (κ1) is 8.64. The highest BCUT2D eigenvalue weighted by Gasteiger charge is 1.98. The highest BCUT2D eigenvalue weighted by atomic mass is 15.0. The van der Waals surface area contributed by atoms with Gasteiger partial charge in [-0.05, 0) is 6.92 Å². The molecule has 0 saturated carbocycles. The zero-order chi connectivity index (χ0) is 8.97. The Labute approximate surface area is 71.7 Å². The van der Waals surface area contributed by atoms with Crippen LogP contribution in [0.25, 0.3) is 0 Å². The van der Waals surface area contributed by atoms with Crippen molar-refractivity contribution >= 4 is 12.6 Å². The van der Waals surface area contributed by atoms with Crippen molar-refractivity contribution in [1.82, 2.24) is 9.55 Å². The van der Waals surface area contributed by atoms with E-state index in [1.54, 1.807) is 19.6 Å². The molecule has 1 rings (SSSR count). The first-order chi connectivity index (χ1) is 5.75. The average molecular weight is 164 g/mol. The Balaban J connectivity index is 2.82. The van der Waals surface area contributed by atoms with Crippen molar-refractivity contribution in [3.63, 3.8) is 0 Å². The Hall–Kier alpha value is -1.45. The zero-order valence-electron chi connectivity index (χ0n) is 7.52. The molecule has 0 fully saturated rings. The Kier molecular flexibility index (Phi) is 2.74. The van der Waals surface area contributed by atoms with Crippen LogP contribution >= 0.6 is 0 Å². The number of aryl methyl sites for hydroxylation is 1. The van der Waals surface area contributed by atoms with Gasteiger partial charge in [-0.1, -0.05) is 0 Å². The molecule has 0 atom stereocenters. The van der Waals surface area contributed by atoms with Gasteiger partial charge in [-0.2, -0.15) is 0 Å². The van der Waals surface area contributed by atoms with Gasteiger partial charge in [0, 0.05) is 19.8 Å². The fourth-order valence-electron chi connectivity index (χ4n) is 0.807. The van der Waals surface area contributed by atoms with Gasteiger partial charge in [0.2, 0.25) is 0 Å². The van der Waals surface area contributed by atoms with E-state index in [4.69, 9.17) is 0 Å². The Bertz CT molecular complexity index is 309. The quantitative estimate of drug-likeness (QED) is 0.471. The third kappa shape index (κ3) is 1.78. The normalized spacial score (nSPS) is 11.9. The summed E-state index contributed by atoms with van der Waals surface area (Å²) < 4.78 is 1.95. The molecule has 1 heterocycles. The van der Waals surface area contributed by atoms with Gasteiger partial charge in [0.05, 0.1) is 12.5 Å². The molecular weight excluding hydrogens is 152 g/mol. The topological polar surface area (TPSA) is 42.5 Å². The van der Waals surface area contributed by atoms with E-state index in [1.807, 2.05) is 18.5 Å². The SMILES string of the molecule is CN=CN=Cc1ncn(C)c1C. The van der Waals surface area contributed by atoms with E-state index in [2.05, 4.69) is 15.0 Å². The molecule has 0 bridgehead atoms. The second kappa shape index (κ2) is 3.80. The molecule has 0 saturated heterocycles. The van der Waals surface area contributed by atoms with Crippen molar-refractivity contribution < 1.29 is 0 Å². The summed E-state index contributed by atoms with van der Waals surface area (Å²) in [6.07, 6.45) is 4.95. The molecule has 4 heteroatoms. The predicted octanol–water partition coefficient (Wildman–Crippen LogP) is 0.806. The Morgan fingerprint density at radius 1 is 1.58 bits per heavy atom. The van der Waals surface area contributed by atoms with Crippen LogP contribution in [0.1, 0.15) is 11.4 Å². The number of rotatable bonds is 2. The maximum Gasteiger partial charge on any atom is 0.109 e. The molecule has 0 aliphatic heterocycles. The fourth-order valence-corrected chi connectivity index (χ4v) is 0.807. The second-order valence-electron chi connectivity index (χ2n) is 2.48. The van der Waals surface area contributed by atoms with Crippen molar-refractivity contribution in [2.45, 2.75) is 6.92 Å². The molecule has 0 N–H and O–H groups in total. The summed E-state index contributed by atoms with van der Waals surface area (Å²) in [6, 6.07) is 0. The molecule has 1 aromatic rings. The number of aromatic nitrogens is 2. The molecule has 0 aliphatic rings. The standard InChI is InChI=1S/C8H12N4/c1-7-8(4-10-5-9-2)11-6-12(7)3/h4-6H,1-3H3. The van der Waals surface area contributed by atoms with Crippen LogP contribution in [0.2, 0.25) is 0 Å². The van der Waals surface area contributed by atoms with Gasteiger partial charge in [-0.25, -0.2) is 9.98 Å². The summed E-state index contributed by atoms with van der Waals surface area (Å²) in [4.78, 5) is 11.8. The van der Waals surface area contributed by atoms with Gasteiger partial charge in [-0.3, -0.25) is 4.99 Å². The molecule has 0 spiro atoms. The number of nitrogens with zero attached hydrogens (tertiary/aromatic N) is 4. The van der Waals surface area contributed by atoms with E-state index in [1.165, 1.54) is 6.34 Å². The second-order valence-corrected chi connectivity index (χ2v) is 2.48. The number of aliphatic imine (C=N–C) groups is 2. The number of hydrogen-bond acceptors (Lipinski definition) is 2. The smallest absolute Gasteiger partial charge is 0.109 e. The lowest BCUT2D eigenvalue weighted by molar-refractivity contribution is 0.873. The van der Waals surface area contributed by atoms with Gasteiger partial charge in [0.25, 0.3) is 0 Å². The van der Waals surface area contributed by atoms with Gasteiger partial charge in [-0.15, -0.1) is 0 Å². The summed E-state index contributed by atoms with van der Waals surface area (Å²) in [5.74, 6) is 0. The van der Waals surface area contributed by atoms with Crippen molar-refractivity contribution in [1.29, 1.82) is 0 Å². The zero-order valence-corrected chi connectivity index (χ0v) is 7.52. The summed E-state index contributed by atoms with van der Waals surface area (Å²) in [6.45, 7) is 2.00. The molecule has 64 valence electrons. The summed E-state index contributed by atoms with van der Waals surface area (Å²) in [5.41, 5.74) is 1.99. The predicted molar refractivity (Wildman–Crippen MR) is 50.0 cm³/mol. The molecule has 12 heavy (non-hydrogen) atoms. The lowest BCUT2D eigenvalue weighted by Gasteiger charge is -1.92. The molecule has 4 nitrogen and oxygen atoms in total. The Morgan fingerprint density at radius 3 is 2.83 bits per heavy atom. The summed E-state index contributed by atoms with van der Waals surface area (Å²) in [5, 5.41) is 0. The lowest BCUT2D eigenvalue weighted by atomic mass is 10.4. The van der Waals surface area contributed by atoms with Crippen molar-refractivity contribution in [2.75, 3.05) is 7.05 Å². The van der Waals surface area contributed by atoms with Crippen LogP contribution in [0.15, 0.2) is 16.3 Å². The highest BCUT2D eigenvalue weighted by Crippen LogP contribution is 1.99. The van der Waals surface area contributed by atoms with E-state index in [-0.39, 0.29) is 0 Å². The van der Waals surface area contributed by atoms with Crippen LogP contribution in [0.3, 0.4) is 0 Å². The maximum absolute atomic E-state index is 4.14. The van der Waals surface area contributed by atoms with Crippen LogP contribution in [-0.4, -0.2) is 29.2 Å². The molecular formula is C8H12N4. The van der Waals surface area contributed by atoms with E-state index < -0.39 is 0 Å². The first-order valence-corrected chi connectivity index (χ1v) is 3.67. The molecule has 0 unspecified atom stereocenters. The lowest BCUT2D eigenvalue weighted by Crippen LogP contribution is -1.91. The van der Waals surface area contributed by atoms with Crippen molar-refractivity contribution in [2.24, 2.45) is 17.0 Å². The maximum atomic E-state index is 4.14. The van der Waals surface area contributed by atoms with E-state index in [0.717, 1.165) is 11.4 Å². The Morgan fingerprint density at radius 2 is 2.33 bits per heavy atom. The van der Waals surface area contributed by atoms with Crippen LogP contribution in [0.5, 0.6) is 0 Å². The van der Waals surface area contributed by atoms with Gasteiger partial charge >= 0.3 is 0 Å². The van der Waals surface area contributed by atoms with Crippen LogP contribution in [0.4, 0.5) is 0 Å². The minimum absolute atomic E-state index is 0.886. The van der Waals surface area contributed by atoms with Crippen LogP contribution in [0, 0.1) is 6.92 Å². The largest absolute Gasteiger partial charge is 0.337 e. The molecule has 1 aromatic heterocycles. The minimum Gasteiger partial charge on any atom is -0.337 e. The average Bonchev–Trinajstić information content (AvgIpc) is 2.36. The van der Waals surface area contributed by atoms with Crippen molar-refractivity contribution in [3.8, 4) is 0 Å². The molecule has 0 radical (unpaired) electrons. The van der Waals surface area contributed by atoms with Gasteiger partial charge in [0.1, 0.15) is 12.0 Å². The van der Waals surface area contributed by atoms with E-state index in [0.29, 0.717) is 0 Å². The molecule has 0 amide bonds. The number of hydrogen-bond donors (Lipinski definition) is 0. The molecule has 0 aromatic carbocycles. The van der Waals surface area contributed by atoms with Gasteiger partial charge < -0.3 is 4.57 Å².